The van der Waals surface area contributed by atoms with E-state index in [0.717, 1.165) is 11.4 Å². The van der Waals surface area contributed by atoms with Gasteiger partial charge in [-0.2, -0.15) is 0 Å². The molecule has 0 spiro atoms. The largest absolute Gasteiger partial charge is 0.497 e. The van der Waals surface area contributed by atoms with Gasteiger partial charge in [0.2, 0.25) is 5.91 Å². The Morgan fingerprint density at radius 1 is 1.19 bits per heavy atom. The van der Waals surface area contributed by atoms with Gasteiger partial charge in [0.25, 0.3) is 0 Å². The van der Waals surface area contributed by atoms with E-state index in [0.29, 0.717) is 0 Å². The molecule has 0 N–H and O–H groups in total. The van der Waals surface area contributed by atoms with Gasteiger partial charge in [-0.05, 0) is 24.3 Å². The molecule has 0 aromatic heterocycles. The number of hydrogen-bond acceptors (Lipinski definition) is 2. The first kappa shape index (κ1) is 12.6. The minimum absolute atomic E-state index is 0.0951. The molecule has 0 bridgehead atoms. The van der Waals surface area contributed by atoms with E-state index in [4.69, 9.17) is 4.74 Å². The summed E-state index contributed by atoms with van der Waals surface area (Å²) in [6.07, 6.45) is 0. The lowest BCUT2D eigenvalue weighted by molar-refractivity contribution is -0.125. The van der Waals surface area contributed by atoms with Crippen LogP contribution in [0.2, 0.25) is 0 Å². The molecule has 0 atom stereocenters. The molecule has 1 amide bonds. The molecule has 0 aliphatic rings. The van der Waals surface area contributed by atoms with Gasteiger partial charge in [0.15, 0.2) is 0 Å². The van der Waals surface area contributed by atoms with E-state index in [2.05, 4.69) is 0 Å². The summed E-state index contributed by atoms with van der Waals surface area (Å²) in [6.45, 7) is 5.74. The number of ether oxygens (including phenoxy) is 1. The summed E-state index contributed by atoms with van der Waals surface area (Å²) in [5.74, 6) is 0.887. The summed E-state index contributed by atoms with van der Waals surface area (Å²) in [5, 5.41) is 0. The average molecular weight is 221 g/mol. The van der Waals surface area contributed by atoms with Gasteiger partial charge in [-0.15, -0.1) is 0 Å². The number of anilines is 1. The fourth-order valence-corrected chi connectivity index (χ4v) is 1.43. The van der Waals surface area contributed by atoms with Gasteiger partial charge in [0.1, 0.15) is 5.75 Å². The molecule has 3 heteroatoms. The summed E-state index contributed by atoms with van der Waals surface area (Å²) in [4.78, 5) is 13.7. The maximum Gasteiger partial charge on any atom is 0.232 e. The van der Waals surface area contributed by atoms with Gasteiger partial charge in [0, 0.05) is 18.2 Å². The van der Waals surface area contributed by atoms with Crippen LogP contribution in [0, 0.1) is 5.41 Å². The lowest BCUT2D eigenvalue weighted by Gasteiger charge is -2.26. The van der Waals surface area contributed by atoms with Crippen molar-refractivity contribution in [1.29, 1.82) is 0 Å². The van der Waals surface area contributed by atoms with Gasteiger partial charge in [-0.3, -0.25) is 4.79 Å². The fraction of sp³-hybridized carbons (Fsp3) is 0.462. The lowest BCUT2D eigenvalue weighted by Crippen LogP contribution is -2.36. The minimum atomic E-state index is -0.366. The van der Waals surface area contributed by atoms with E-state index < -0.39 is 0 Å². The van der Waals surface area contributed by atoms with Crippen LogP contribution < -0.4 is 9.64 Å². The third-order valence-corrected chi connectivity index (χ3v) is 2.41. The Morgan fingerprint density at radius 3 is 2.06 bits per heavy atom. The van der Waals surface area contributed by atoms with Crippen molar-refractivity contribution in [3.63, 3.8) is 0 Å². The summed E-state index contributed by atoms with van der Waals surface area (Å²) in [7, 11) is 3.41. The molecule has 0 radical (unpaired) electrons. The highest BCUT2D eigenvalue weighted by molar-refractivity contribution is 5.96. The molecule has 1 aromatic carbocycles. The molecule has 1 aromatic rings. The zero-order valence-electron chi connectivity index (χ0n) is 10.6. The normalized spacial score (nSPS) is 11.1. The highest BCUT2D eigenvalue weighted by Gasteiger charge is 2.25. The van der Waals surface area contributed by atoms with E-state index in [1.165, 1.54) is 0 Å². The predicted octanol–water partition coefficient (Wildman–Crippen LogP) is 2.70. The van der Waals surface area contributed by atoms with Crippen LogP contribution in [-0.4, -0.2) is 20.1 Å². The molecule has 0 aliphatic carbocycles. The van der Waals surface area contributed by atoms with Crippen LogP contribution in [0.5, 0.6) is 5.75 Å². The Hall–Kier alpha value is -1.51. The smallest absolute Gasteiger partial charge is 0.232 e. The number of methoxy groups -OCH3 is 1. The minimum Gasteiger partial charge on any atom is -0.497 e. The SMILES string of the molecule is COc1ccc(N(C)C(=O)C(C)(C)C)cc1. The van der Waals surface area contributed by atoms with Gasteiger partial charge < -0.3 is 9.64 Å². The number of hydrogen-bond donors (Lipinski definition) is 0. The van der Waals surface area contributed by atoms with Crippen molar-refractivity contribution in [2.45, 2.75) is 20.8 Å². The summed E-state index contributed by atoms with van der Waals surface area (Å²) < 4.78 is 5.07. The first-order valence-electron chi connectivity index (χ1n) is 5.28. The first-order valence-corrected chi connectivity index (χ1v) is 5.28. The molecular formula is C13H19NO2. The van der Waals surface area contributed by atoms with Gasteiger partial charge in [-0.25, -0.2) is 0 Å². The second-order valence-corrected chi connectivity index (χ2v) is 4.81. The van der Waals surface area contributed by atoms with Gasteiger partial charge in [-0.1, -0.05) is 20.8 Å². The second kappa shape index (κ2) is 4.56. The number of nitrogens with zero attached hydrogens (tertiary/aromatic N) is 1. The average Bonchev–Trinajstić information content (AvgIpc) is 2.26. The molecule has 0 fully saturated rings. The number of amides is 1. The highest BCUT2D eigenvalue weighted by atomic mass is 16.5. The van der Waals surface area contributed by atoms with Crippen molar-refractivity contribution >= 4 is 11.6 Å². The van der Waals surface area contributed by atoms with E-state index in [1.54, 1.807) is 19.1 Å². The molecule has 1 rings (SSSR count). The molecule has 0 heterocycles. The Balaban J connectivity index is 2.88. The Labute approximate surface area is 97.0 Å². The zero-order chi connectivity index (χ0) is 12.3. The number of carbonyl (C=O) groups is 1. The van der Waals surface area contributed by atoms with Gasteiger partial charge >= 0.3 is 0 Å². The van der Waals surface area contributed by atoms with Crippen LogP contribution in [0.25, 0.3) is 0 Å². The standard InChI is InChI=1S/C13H19NO2/c1-13(2,3)12(15)14(4)10-6-8-11(16-5)9-7-10/h6-9H,1-5H3. The molecule has 88 valence electrons. The summed E-state index contributed by atoms with van der Waals surface area (Å²) in [5.41, 5.74) is 0.509. The Morgan fingerprint density at radius 2 is 1.69 bits per heavy atom. The summed E-state index contributed by atoms with van der Waals surface area (Å²) >= 11 is 0. The third-order valence-electron chi connectivity index (χ3n) is 2.41. The monoisotopic (exact) mass is 221 g/mol. The van der Waals surface area contributed by atoms with Crippen LogP contribution >= 0.6 is 0 Å². The Bertz CT molecular complexity index is 363. The first-order chi connectivity index (χ1) is 7.36. The van der Waals surface area contributed by atoms with Crippen LogP contribution in [0.1, 0.15) is 20.8 Å². The molecule has 3 nitrogen and oxygen atoms in total. The van der Waals surface area contributed by atoms with Crippen molar-refractivity contribution in [3.8, 4) is 5.75 Å². The van der Waals surface area contributed by atoms with Crippen LogP contribution in [0.15, 0.2) is 24.3 Å². The Kier molecular flexibility index (Phi) is 3.58. The van der Waals surface area contributed by atoms with Gasteiger partial charge in [0.05, 0.1) is 7.11 Å². The second-order valence-electron chi connectivity index (χ2n) is 4.81. The molecule has 0 unspecified atom stereocenters. The van der Waals surface area contributed by atoms with Crippen molar-refractivity contribution in [2.75, 3.05) is 19.1 Å². The predicted molar refractivity (Wildman–Crippen MR) is 65.9 cm³/mol. The highest BCUT2D eigenvalue weighted by Crippen LogP contribution is 2.23. The van der Waals surface area contributed by atoms with Crippen molar-refractivity contribution < 1.29 is 9.53 Å². The zero-order valence-corrected chi connectivity index (χ0v) is 10.6. The number of carbonyl (C=O) groups excluding carboxylic acids is 1. The molecule has 0 saturated carbocycles. The van der Waals surface area contributed by atoms with E-state index in [-0.39, 0.29) is 11.3 Å². The third kappa shape index (κ3) is 2.75. The topological polar surface area (TPSA) is 29.5 Å². The summed E-state index contributed by atoms with van der Waals surface area (Å²) in [6, 6.07) is 7.45. The quantitative estimate of drug-likeness (QED) is 0.768. The van der Waals surface area contributed by atoms with Crippen LogP contribution in [-0.2, 0) is 4.79 Å². The molecular weight excluding hydrogens is 202 g/mol. The van der Waals surface area contributed by atoms with Crippen LogP contribution in [0.3, 0.4) is 0 Å². The van der Waals surface area contributed by atoms with Crippen molar-refractivity contribution in [1.82, 2.24) is 0 Å². The van der Waals surface area contributed by atoms with Crippen molar-refractivity contribution in [3.05, 3.63) is 24.3 Å². The lowest BCUT2D eigenvalue weighted by atomic mass is 9.95. The van der Waals surface area contributed by atoms with Crippen molar-refractivity contribution in [2.24, 2.45) is 5.41 Å². The van der Waals surface area contributed by atoms with E-state index >= 15 is 0 Å². The van der Waals surface area contributed by atoms with E-state index in [1.807, 2.05) is 45.0 Å². The number of benzene rings is 1. The van der Waals surface area contributed by atoms with E-state index in [9.17, 15) is 4.79 Å². The maximum absolute atomic E-state index is 12.0. The fourth-order valence-electron chi connectivity index (χ4n) is 1.43. The molecule has 0 aliphatic heterocycles. The number of rotatable bonds is 2. The van der Waals surface area contributed by atoms with Crippen LogP contribution in [0.4, 0.5) is 5.69 Å². The maximum atomic E-state index is 12.0. The molecule has 16 heavy (non-hydrogen) atoms. The molecule has 0 saturated heterocycles.